The van der Waals surface area contributed by atoms with Gasteiger partial charge in [-0.15, -0.1) is 0 Å². The largest absolute Gasteiger partial charge is 0.351 e. The number of allylic oxidation sites excluding steroid dienone is 1. The number of nitrogens with zero attached hydrogens (tertiary/aromatic N) is 3. The molecule has 1 aromatic heterocycles. The predicted octanol–water partition coefficient (Wildman–Crippen LogP) is 6.84. The lowest BCUT2D eigenvalue weighted by Crippen LogP contribution is -2.46. The first kappa shape index (κ1) is 23.0. The van der Waals surface area contributed by atoms with Gasteiger partial charge in [0, 0.05) is 16.9 Å². The SMILES string of the molecule is CC1=C(c2nc(-c3ccc(C)cc3)no2)C(c2ccc(C)cc2)NC(=S)N1c1ccc(C)c(C)c1. The fourth-order valence-corrected chi connectivity index (χ4v) is 4.72. The van der Waals surface area contributed by atoms with Crippen molar-refractivity contribution in [1.29, 1.82) is 0 Å². The molecular weight excluding hydrogens is 452 g/mol. The number of nitrogens with one attached hydrogen (secondary N) is 1. The second-order valence-corrected chi connectivity index (χ2v) is 9.57. The minimum absolute atomic E-state index is 0.211. The molecule has 1 atom stereocenters. The Hall–Kier alpha value is -3.77. The number of anilines is 1. The van der Waals surface area contributed by atoms with Crippen molar-refractivity contribution in [1.82, 2.24) is 15.5 Å². The van der Waals surface area contributed by atoms with Crippen molar-refractivity contribution < 1.29 is 4.52 Å². The van der Waals surface area contributed by atoms with E-state index in [0.29, 0.717) is 16.8 Å². The number of hydrogen-bond acceptors (Lipinski definition) is 4. The summed E-state index contributed by atoms with van der Waals surface area (Å²) >= 11 is 5.88. The lowest BCUT2D eigenvalue weighted by Gasteiger charge is -2.37. The minimum atomic E-state index is -0.211. The van der Waals surface area contributed by atoms with Crippen molar-refractivity contribution in [3.05, 3.63) is 106 Å². The van der Waals surface area contributed by atoms with Gasteiger partial charge in [-0.05, 0) is 75.7 Å². The summed E-state index contributed by atoms with van der Waals surface area (Å²) in [5, 5.41) is 8.49. The molecule has 1 aliphatic heterocycles. The molecular formula is C29H28N4OS. The van der Waals surface area contributed by atoms with Crippen LogP contribution in [0.4, 0.5) is 5.69 Å². The molecule has 0 saturated carbocycles. The summed E-state index contributed by atoms with van der Waals surface area (Å²) in [6.45, 7) is 10.4. The van der Waals surface area contributed by atoms with Crippen LogP contribution in [-0.4, -0.2) is 15.3 Å². The zero-order chi connectivity index (χ0) is 24.7. The smallest absolute Gasteiger partial charge is 0.258 e. The fourth-order valence-electron chi connectivity index (χ4n) is 4.36. The molecule has 0 aliphatic carbocycles. The van der Waals surface area contributed by atoms with E-state index in [1.807, 2.05) is 24.3 Å². The zero-order valence-electron chi connectivity index (χ0n) is 20.6. The summed E-state index contributed by atoms with van der Waals surface area (Å²) in [6.07, 6.45) is 0. The first-order chi connectivity index (χ1) is 16.8. The van der Waals surface area contributed by atoms with Crippen molar-refractivity contribution in [3.8, 4) is 11.4 Å². The van der Waals surface area contributed by atoms with Gasteiger partial charge in [0.25, 0.3) is 5.89 Å². The van der Waals surface area contributed by atoms with Crippen LogP contribution in [0, 0.1) is 27.7 Å². The van der Waals surface area contributed by atoms with Gasteiger partial charge in [0.2, 0.25) is 5.82 Å². The molecule has 0 fully saturated rings. The van der Waals surface area contributed by atoms with Crippen LogP contribution in [0.15, 0.2) is 77.0 Å². The molecule has 1 unspecified atom stereocenters. The van der Waals surface area contributed by atoms with E-state index in [0.717, 1.165) is 28.1 Å². The van der Waals surface area contributed by atoms with Gasteiger partial charge in [-0.3, -0.25) is 4.90 Å². The average molecular weight is 481 g/mol. The summed E-state index contributed by atoms with van der Waals surface area (Å²) in [4.78, 5) is 6.87. The lowest BCUT2D eigenvalue weighted by atomic mass is 9.94. The van der Waals surface area contributed by atoms with Crippen molar-refractivity contribution in [2.24, 2.45) is 0 Å². The van der Waals surface area contributed by atoms with Gasteiger partial charge >= 0.3 is 0 Å². The van der Waals surface area contributed by atoms with Gasteiger partial charge in [-0.25, -0.2) is 0 Å². The van der Waals surface area contributed by atoms with Crippen molar-refractivity contribution in [2.75, 3.05) is 4.90 Å². The second-order valence-electron chi connectivity index (χ2n) is 9.19. The molecule has 2 heterocycles. The average Bonchev–Trinajstić information content (AvgIpc) is 3.31. The van der Waals surface area contributed by atoms with Gasteiger partial charge < -0.3 is 9.84 Å². The molecule has 0 saturated heterocycles. The number of benzene rings is 3. The van der Waals surface area contributed by atoms with E-state index in [-0.39, 0.29) is 6.04 Å². The van der Waals surface area contributed by atoms with Crippen LogP contribution in [0.1, 0.15) is 46.7 Å². The molecule has 0 bridgehead atoms. The van der Waals surface area contributed by atoms with E-state index < -0.39 is 0 Å². The standard InChI is InChI=1S/C29H28N4OS/c1-17-6-11-22(12-7-17)26-25(28-31-27(32-34-28)23-13-8-18(2)9-14-23)21(5)33(29(35)30-26)24-15-10-19(3)20(4)16-24/h6-16,26H,1-5H3,(H,30,35). The van der Waals surface area contributed by atoms with E-state index in [1.165, 1.54) is 22.3 Å². The third-order valence-electron chi connectivity index (χ3n) is 6.61. The Morgan fingerprint density at radius 2 is 1.49 bits per heavy atom. The molecule has 3 aromatic carbocycles. The molecule has 0 spiro atoms. The van der Waals surface area contributed by atoms with Gasteiger partial charge in [0.1, 0.15) is 0 Å². The van der Waals surface area contributed by atoms with Crippen molar-refractivity contribution in [3.63, 3.8) is 0 Å². The van der Waals surface area contributed by atoms with E-state index in [1.54, 1.807) is 0 Å². The van der Waals surface area contributed by atoms with Gasteiger partial charge in [0.05, 0.1) is 11.6 Å². The van der Waals surface area contributed by atoms with Crippen LogP contribution in [0.5, 0.6) is 0 Å². The van der Waals surface area contributed by atoms with E-state index in [9.17, 15) is 0 Å². The van der Waals surface area contributed by atoms with Crippen LogP contribution in [-0.2, 0) is 0 Å². The number of aryl methyl sites for hydroxylation is 4. The minimum Gasteiger partial charge on any atom is -0.351 e. The molecule has 0 radical (unpaired) electrons. The highest BCUT2D eigenvalue weighted by Crippen LogP contribution is 2.39. The van der Waals surface area contributed by atoms with E-state index >= 15 is 0 Å². The summed E-state index contributed by atoms with van der Waals surface area (Å²) in [5.74, 6) is 1.04. The van der Waals surface area contributed by atoms with Crippen molar-refractivity contribution in [2.45, 2.75) is 40.7 Å². The molecule has 4 aromatic rings. The summed E-state index contributed by atoms with van der Waals surface area (Å²) in [7, 11) is 0. The molecule has 1 aliphatic rings. The Labute approximate surface area is 211 Å². The molecule has 0 amide bonds. The quantitative estimate of drug-likeness (QED) is 0.323. The van der Waals surface area contributed by atoms with Crippen molar-refractivity contribution >= 4 is 28.6 Å². The third kappa shape index (κ3) is 4.37. The monoisotopic (exact) mass is 480 g/mol. The van der Waals surface area contributed by atoms with Crippen LogP contribution in [0.3, 0.4) is 0 Å². The zero-order valence-corrected chi connectivity index (χ0v) is 21.4. The van der Waals surface area contributed by atoms with Gasteiger partial charge in [0.15, 0.2) is 5.11 Å². The predicted molar refractivity (Wildman–Crippen MR) is 145 cm³/mol. The summed E-state index contributed by atoms with van der Waals surface area (Å²) < 4.78 is 5.87. The maximum Gasteiger partial charge on any atom is 0.258 e. The Kier molecular flexibility index (Phi) is 5.99. The highest BCUT2D eigenvalue weighted by molar-refractivity contribution is 7.80. The van der Waals surface area contributed by atoms with Gasteiger partial charge in [-0.1, -0.05) is 70.9 Å². The topological polar surface area (TPSA) is 54.2 Å². The third-order valence-corrected chi connectivity index (χ3v) is 6.91. The molecule has 6 heteroatoms. The summed E-state index contributed by atoms with van der Waals surface area (Å²) in [5.41, 5.74) is 9.70. The normalized spacial score (nSPS) is 16.0. The van der Waals surface area contributed by atoms with Crippen LogP contribution >= 0.6 is 12.2 Å². The number of rotatable bonds is 4. The van der Waals surface area contributed by atoms with E-state index in [4.69, 9.17) is 21.7 Å². The van der Waals surface area contributed by atoms with E-state index in [2.05, 4.69) is 92.5 Å². The van der Waals surface area contributed by atoms with Gasteiger partial charge in [-0.2, -0.15) is 4.98 Å². The Bertz CT molecular complexity index is 1430. The maximum absolute atomic E-state index is 5.88. The first-order valence-corrected chi connectivity index (χ1v) is 12.1. The van der Waals surface area contributed by atoms with Crippen LogP contribution < -0.4 is 10.2 Å². The maximum atomic E-state index is 5.88. The lowest BCUT2D eigenvalue weighted by molar-refractivity contribution is 0.404. The van der Waals surface area contributed by atoms with Crippen LogP contribution in [0.2, 0.25) is 0 Å². The highest BCUT2D eigenvalue weighted by Gasteiger charge is 2.34. The molecule has 1 N–H and O–H groups in total. The number of hydrogen-bond donors (Lipinski definition) is 1. The highest BCUT2D eigenvalue weighted by atomic mass is 32.1. The molecule has 176 valence electrons. The fraction of sp³-hybridized carbons (Fsp3) is 0.207. The number of thiocarbonyl (C=S) groups is 1. The Morgan fingerprint density at radius 1 is 0.829 bits per heavy atom. The molecule has 5 nitrogen and oxygen atoms in total. The molecule has 5 rings (SSSR count). The molecule has 35 heavy (non-hydrogen) atoms. The Balaban J connectivity index is 1.65. The number of aromatic nitrogens is 2. The van der Waals surface area contributed by atoms with Crippen LogP contribution in [0.25, 0.3) is 17.0 Å². The first-order valence-electron chi connectivity index (χ1n) is 11.7. The second kappa shape index (κ2) is 9.12. The Morgan fingerprint density at radius 3 is 2.14 bits per heavy atom. The summed E-state index contributed by atoms with van der Waals surface area (Å²) in [6, 6.07) is 22.7.